The average molecular weight is 487 g/mol. The molecule has 0 saturated carbocycles. The quantitative estimate of drug-likeness (QED) is 0.479. The van der Waals surface area contributed by atoms with Gasteiger partial charge in [0.15, 0.2) is 0 Å². The van der Waals surface area contributed by atoms with E-state index in [1.807, 2.05) is 0 Å². The van der Waals surface area contributed by atoms with Gasteiger partial charge < -0.3 is 10.1 Å². The topological polar surface area (TPSA) is 92.8 Å². The van der Waals surface area contributed by atoms with Crippen molar-refractivity contribution >= 4 is 44.9 Å². The van der Waals surface area contributed by atoms with Gasteiger partial charge in [-0.3, -0.25) is 9.10 Å². The van der Waals surface area contributed by atoms with Gasteiger partial charge in [0.2, 0.25) is 0 Å². The lowest BCUT2D eigenvalue weighted by atomic mass is 10.1. The molecule has 0 aliphatic heterocycles. The minimum Gasteiger partial charge on any atom is -0.462 e. The second-order valence-corrected chi connectivity index (χ2v) is 9.53. The number of hydrogen-bond donors (Lipinski definition) is 1. The van der Waals surface area contributed by atoms with Crippen LogP contribution in [0.25, 0.3) is 0 Å². The van der Waals surface area contributed by atoms with Gasteiger partial charge in [-0.15, -0.1) is 0 Å². The number of amides is 1. The van der Waals surface area contributed by atoms with Crippen molar-refractivity contribution in [3.05, 3.63) is 88.4 Å². The second-order valence-electron chi connectivity index (χ2n) is 7.13. The van der Waals surface area contributed by atoms with Crippen LogP contribution in [0.1, 0.15) is 33.2 Å². The van der Waals surface area contributed by atoms with Gasteiger partial charge in [0.25, 0.3) is 15.9 Å². The number of anilines is 2. The van der Waals surface area contributed by atoms with Crippen LogP contribution in [-0.2, 0) is 14.8 Å². The first-order valence-corrected chi connectivity index (χ1v) is 11.9. The Morgan fingerprint density at radius 3 is 2.24 bits per heavy atom. The SMILES string of the molecule is CCOC(=O)c1cccc(NC(=O)c2ccc(N(C)S(=O)(=O)c3ccc(Cl)cc3)cc2)c1C. The fourth-order valence-corrected chi connectivity index (χ4v) is 4.44. The fraction of sp³-hybridized carbons (Fsp3) is 0.167. The largest absolute Gasteiger partial charge is 0.462 e. The number of esters is 1. The minimum atomic E-state index is -3.78. The standard InChI is InChI=1S/C24H23ClN2O5S/c1-4-32-24(29)21-6-5-7-22(16(21)2)26-23(28)17-8-12-19(13-9-17)27(3)33(30,31)20-14-10-18(25)11-15-20/h5-15H,4H2,1-3H3,(H,26,28). The van der Waals surface area contributed by atoms with E-state index < -0.39 is 21.9 Å². The maximum atomic E-state index is 12.8. The molecule has 9 heteroatoms. The van der Waals surface area contributed by atoms with Crippen molar-refractivity contribution in [2.75, 3.05) is 23.3 Å². The van der Waals surface area contributed by atoms with Crippen LogP contribution in [-0.4, -0.2) is 33.9 Å². The molecule has 1 N–H and O–H groups in total. The highest BCUT2D eigenvalue weighted by Gasteiger charge is 2.21. The molecular formula is C24H23ClN2O5S. The number of nitrogens with zero attached hydrogens (tertiary/aromatic N) is 1. The molecule has 0 aliphatic carbocycles. The highest BCUT2D eigenvalue weighted by molar-refractivity contribution is 7.92. The smallest absolute Gasteiger partial charge is 0.338 e. The van der Waals surface area contributed by atoms with Crippen molar-refractivity contribution in [1.29, 1.82) is 0 Å². The van der Waals surface area contributed by atoms with Crippen LogP contribution in [0.2, 0.25) is 5.02 Å². The predicted octanol–water partition coefficient (Wildman–Crippen LogP) is 4.90. The Hall–Kier alpha value is -3.36. The molecule has 3 aromatic rings. The van der Waals surface area contributed by atoms with Gasteiger partial charge in [-0.1, -0.05) is 17.7 Å². The summed E-state index contributed by atoms with van der Waals surface area (Å²) in [4.78, 5) is 24.9. The van der Waals surface area contributed by atoms with Crippen LogP contribution >= 0.6 is 11.6 Å². The summed E-state index contributed by atoms with van der Waals surface area (Å²) < 4.78 is 31.9. The molecule has 0 aliphatic rings. The number of sulfonamides is 1. The summed E-state index contributed by atoms with van der Waals surface area (Å²) in [7, 11) is -2.35. The molecule has 0 radical (unpaired) electrons. The molecule has 7 nitrogen and oxygen atoms in total. The van der Waals surface area contributed by atoms with Gasteiger partial charge in [-0.2, -0.15) is 0 Å². The van der Waals surface area contributed by atoms with E-state index >= 15 is 0 Å². The molecule has 3 aromatic carbocycles. The first-order valence-electron chi connectivity index (χ1n) is 10.1. The van der Waals surface area contributed by atoms with E-state index in [-0.39, 0.29) is 11.5 Å². The van der Waals surface area contributed by atoms with Gasteiger partial charge in [-0.05, 0) is 80.1 Å². The number of benzene rings is 3. The Balaban J connectivity index is 1.78. The third-order valence-corrected chi connectivity index (χ3v) is 7.09. The number of nitrogens with one attached hydrogen (secondary N) is 1. The summed E-state index contributed by atoms with van der Waals surface area (Å²) >= 11 is 5.84. The summed E-state index contributed by atoms with van der Waals surface area (Å²) in [6.45, 7) is 3.70. The molecule has 1 amide bonds. The lowest BCUT2D eigenvalue weighted by molar-refractivity contribution is 0.0525. The van der Waals surface area contributed by atoms with Crippen LogP contribution in [0, 0.1) is 6.92 Å². The summed E-state index contributed by atoms with van der Waals surface area (Å²) in [5.41, 5.74) is 2.17. The van der Waals surface area contributed by atoms with Crippen molar-refractivity contribution in [3.63, 3.8) is 0 Å². The van der Waals surface area contributed by atoms with Gasteiger partial charge in [0.1, 0.15) is 0 Å². The highest BCUT2D eigenvalue weighted by atomic mass is 35.5. The zero-order chi connectivity index (χ0) is 24.2. The Labute approximate surface area is 198 Å². The Morgan fingerprint density at radius 2 is 1.64 bits per heavy atom. The molecule has 0 unspecified atom stereocenters. The predicted molar refractivity (Wildman–Crippen MR) is 129 cm³/mol. The molecule has 0 fully saturated rings. The van der Waals surface area contributed by atoms with E-state index in [0.717, 1.165) is 4.31 Å². The van der Waals surface area contributed by atoms with E-state index in [1.165, 1.54) is 43.4 Å². The average Bonchev–Trinajstić information content (AvgIpc) is 2.80. The van der Waals surface area contributed by atoms with E-state index in [4.69, 9.17) is 16.3 Å². The summed E-state index contributed by atoms with van der Waals surface area (Å²) in [6.07, 6.45) is 0. The van der Waals surface area contributed by atoms with Crippen LogP contribution in [0.5, 0.6) is 0 Å². The molecule has 0 atom stereocenters. The fourth-order valence-electron chi connectivity index (χ4n) is 3.12. The Morgan fingerprint density at radius 1 is 1.00 bits per heavy atom. The number of ether oxygens (including phenoxy) is 1. The van der Waals surface area contributed by atoms with Crippen LogP contribution in [0.4, 0.5) is 11.4 Å². The van der Waals surface area contributed by atoms with E-state index in [1.54, 1.807) is 44.2 Å². The van der Waals surface area contributed by atoms with Crippen molar-refractivity contribution in [1.82, 2.24) is 0 Å². The van der Waals surface area contributed by atoms with Gasteiger partial charge in [0, 0.05) is 23.3 Å². The lowest BCUT2D eigenvalue weighted by Crippen LogP contribution is -2.26. The maximum absolute atomic E-state index is 12.8. The highest BCUT2D eigenvalue weighted by Crippen LogP contribution is 2.25. The molecule has 0 saturated heterocycles. The summed E-state index contributed by atoms with van der Waals surface area (Å²) in [6, 6.07) is 17.0. The van der Waals surface area contributed by atoms with E-state index in [9.17, 15) is 18.0 Å². The normalized spacial score (nSPS) is 11.0. The van der Waals surface area contributed by atoms with Gasteiger partial charge in [-0.25, -0.2) is 13.2 Å². The maximum Gasteiger partial charge on any atom is 0.338 e. The van der Waals surface area contributed by atoms with Crippen molar-refractivity contribution in [2.45, 2.75) is 18.7 Å². The number of carbonyl (C=O) groups is 2. The molecule has 0 aromatic heterocycles. The Bertz CT molecular complexity index is 1270. The van der Waals surface area contributed by atoms with E-state index in [2.05, 4.69) is 5.32 Å². The molecule has 3 rings (SSSR count). The minimum absolute atomic E-state index is 0.105. The van der Waals surface area contributed by atoms with Crippen molar-refractivity contribution in [3.8, 4) is 0 Å². The van der Waals surface area contributed by atoms with Gasteiger partial charge in [0.05, 0.1) is 22.8 Å². The summed E-state index contributed by atoms with van der Waals surface area (Å²) in [5.74, 6) is -0.853. The lowest BCUT2D eigenvalue weighted by Gasteiger charge is -2.20. The van der Waals surface area contributed by atoms with Crippen molar-refractivity contribution in [2.24, 2.45) is 0 Å². The van der Waals surface area contributed by atoms with Gasteiger partial charge >= 0.3 is 5.97 Å². The van der Waals surface area contributed by atoms with Crippen LogP contribution in [0.3, 0.4) is 0 Å². The number of rotatable bonds is 7. The molecule has 33 heavy (non-hydrogen) atoms. The first-order chi connectivity index (χ1) is 15.6. The number of carbonyl (C=O) groups excluding carboxylic acids is 2. The summed E-state index contributed by atoms with van der Waals surface area (Å²) in [5, 5.41) is 3.22. The third kappa shape index (κ3) is 5.35. The Kier molecular flexibility index (Phi) is 7.40. The van der Waals surface area contributed by atoms with Crippen LogP contribution < -0.4 is 9.62 Å². The zero-order valence-electron chi connectivity index (χ0n) is 18.3. The molecular weight excluding hydrogens is 464 g/mol. The number of hydrogen-bond acceptors (Lipinski definition) is 5. The van der Waals surface area contributed by atoms with Crippen molar-refractivity contribution < 1.29 is 22.7 Å². The number of halogens is 1. The van der Waals surface area contributed by atoms with Crippen LogP contribution in [0.15, 0.2) is 71.6 Å². The monoisotopic (exact) mass is 486 g/mol. The third-order valence-electron chi connectivity index (χ3n) is 5.04. The molecule has 0 heterocycles. The molecule has 0 spiro atoms. The molecule has 172 valence electrons. The zero-order valence-corrected chi connectivity index (χ0v) is 19.9. The molecule has 0 bridgehead atoms. The first kappa shape index (κ1) is 24.3. The van der Waals surface area contributed by atoms with E-state index in [0.29, 0.717) is 33.1 Å². The second kappa shape index (κ2) is 10.1.